The van der Waals surface area contributed by atoms with Crippen molar-refractivity contribution in [1.29, 1.82) is 0 Å². The minimum Gasteiger partial charge on any atom is -0.355 e. The van der Waals surface area contributed by atoms with Crippen LogP contribution in [0.4, 0.5) is 0 Å². The molecule has 0 aliphatic carbocycles. The van der Waals surface area contributed by atoms with Crippen LogP contribution in [0, 0.1) is 0 Å². The predicted molar refractivity (Wildman–Crippen MR) is 135 cm³/mol. The lowest BCUT2D eigenvalue weighted by Gasteiger charge is -2.33. The molecule has 0 spiro atoms. The monoisotopic (exact) mass is 483 g/mol. The van der Waals surface area contributed by atoms with Gasteiger partial charge in [-0.3, -0.25) is 9.36 Å². The Labute approximate surface area is 204 Å². The minimum atomic E-state index is 0.00796. The maximum atomic E-state index is 12.5. The topological polar surface area (TPSA) is 63.1 Å². The van der Waals surface area contributed by atoms with Gasteiger partial charge < -0.3 is 10.2 Å². The summed E-state index contributed by atoms with van der Waals surface area (Å²) in [6.45, 7) is 5.21. The van der Waals surface area contributed by atoms with Gasteiger partial charge >= 0.3 is 0 Å². The molecule has 0 bridgehead atoms. The first-order valence-corrected chi connectivity index (χ1v) is 12.9. The number of para-hydroxylation sites is 1. The zero-order chi connectivity index (χ0) is 23.0. The van der Waals surface area contributed by atoms with Gasteiger partial charge in [0.25, 0.3) is 0 Å². The van der Waals surface area contributed by atoms with Gasteiger partial charge in [0.1, 0.15) is 0 Å². The molecule has 3 aromatic rings. The summed E-state index contributed by atoms with van der Waals surface area (Å²) in [7, 11) is 0. The van der Waals surface area contributed by atoms with E-state index in [1.807, 2.05) is 59.2 Å². The fourth-order valence-corrected chi connectivity index (χ4v) is 5.17. The molecule has 2 heterocycles. The zero-order valence-electron chi connectivity index (χ0n) is 18.9. The summed E-state index contributed by atoms with van der Waals surface area (Å²) in [5.74, 6) is 0.951. The van der Waals surface area contributed by atoms with Crippen molar-refractivity contribution in [3.8, 4) is 17.1 Å². The van der Waals surface area contributed by atoms with Crippen LogP contribution in [0.3, 0.4) is 0 Å². The largest absolute Gasteiger partial charge is 0.355 e. The Hall–Kier alpha value is -2.35. The van der Waals surface area contributed by atoms with Crippen LogP contribution in [-0.2, 0) is 4.79 Å². The second-order valence-corrected chi connectivity index (χ2v) is 9.68. The van der Waals surface area contributed by atoms with Crippen molar-refractivity contribution >= 4 is 29.3 Å². The molecule has 1 aromatic heterocycles. The summed E-state index contributed by atoms with van der Waals surface area (Å²) in [4.78, 5) is 15.0. The third-order valence-corrected chi connectivity index (χ3v) is 7.24. The van der Waals surface area contributed by atoms with Crippen molar-refractivity contribution in [3.05, 3.63) is 59.6 Å². The molecule has 1 amide bonds. The van der Waals surface area contributed by atoms with Crippen molar-refractivity contribution in [2.45, 2.75) is 43.8 Å². The van der Waals surface area contributed by atoms with Gasteiger partial charge in [-0.25, -0.2) is 0 Å². The van der Waals surface area contributed by atoms with Gasteiger partial charge in [-0.05, 0) is 57.0 Å². The van der Waals surface area contributed by atoms with E-state index in [1.165, 1.54) is 37.6 Å². The molecule has 1 saturated heterocycles. The number of nitrogens with one attached hydrogen (secondary N) is 1. The Bertz CT molecular complexity index is 1060. The molecule has 0 radical (unpaired) electrons. The van der Waals surface area contributed by atoms with E-state index in [9.17, 15) is 4.79 Å². The number of halogens is 1. The van der Waals surface area contributed by atoms with Crippen LogP contribution in [0.25, 0.3) is 17.1 Å². The van der Waals surface area contributed by atoms with E-state index < -0.39 is 0 Å². The normalized spacial score (nSPS) is 16.6. The number of benzene rings is 2. The standard InChI is InChI=1S/C25H30ClN5OS/c1-19-10-7-8-16-30(19)17-9-15-27-23(32)18-33-25-29-28-24(21-13-5-6-14-22(21)26)31(25)20-11-3-2-4-12-20/h2-6,11-14,19H,7-10,15-18H2,1H3,(H,27,32). The second-order valence-electron chi connectivity index (χ2n) is 8.33. The first-order valence-electron chi connectivity index (χ1n) is 11.5. The Morgan fingerprint density at radius 2 is 1.91 bits per heavy atom. The molecular formula is C25H30ClN5OS. The molecule has 1 unspecified atom stereocenters. The van der Waals surface area contributed by atoms with Crippen LogP contribution in [0.15, 0.2) is 59.8 Å². The predicted octanol–water partition coefficient (Wildman–Crippen LogP) is 5.06. The highest BCUT2D eigenvalue weighted by Gasteiger charge is 2.19. The average molecular weight is 484 g/mol. The number of hydrogen-bond donors (Lipinski definition) is 1. The van der Waals surface area contributed by atoms with E-state index >= 15 is 0 Å². The molecule has 1 N–H and O–H groups in total. The van der Waals surface area contributed by atoms with E-state index in [-0.39, 0.29) is 11.7 Å². The minimum absolute atomic E-state index is 0.00796. The summed E-state index contributed by atoms with van der Waals surface area (Å²) >= 11 is 7.82. The third kappa shape index (κ3) is 6.16. The number of carbonyl (C=O) groups is 1. The van der Waals surface area contributed by atoms with Crippen LogP contribution < -0.4 is 5.32 Å². The van der Waals surface area contributed by atoms with Crippen molar-refractivity contribution in [3.63, 3.8) is 0 Å². The lowest BCUT2D eigenvalue weighted by Crippen LogP contribution is -2.39. The number of rotatable bonds is 9. The lowest BCUT2D eigenvalue weighted by atomic mass is 10.0. The highest BCUT2D eigenvalue weighted by atomic mass is 35.5. The number of hydrogen-bond acceptors (Lipinski definition) is 5. The number of piperidine rings is 1. The lowest BCUT2D eigenvalue weighted by molar-refractivity contribution is -0.118. The molecule has 8 heteroatoms. The maximum absolute atomic E-state index is 12.5. The first-order chi connectivity index (χ1) is 16.1. The summed E-state index contributed by atoms with van der Waals surface area (Å²) in [5.41, 5.74) is 1.73. The molecule has 6 nitrogen and oxygen atoms in total. The first kappa shape index (κ1) is 23.8. The Morgan fingerprint density at radius 3 is 2.70 bits per heavy atom. The molecule has 4 rings (SSSR count). The third-order valence-electron chi connectivity index (χ3n) is 5.98. The van der Waals surface area contributed by atoms with Crippen LogP contribution in [0.1, 0.15) is 32.6 Å². The highest BCUT2D eigenvalue weighted by Crippen LogP contribution is 2.31. The smallest absolute Gasteiger partial charge is 0.230 e. The van der Waals surface area contributed by atoms with Gasteiger partial charge in [0.15, 0.2) is 11.0 Å². The SMILES string of the molecule is CC1CCCCN1CCCNC(=O)CSc1nnc(-c2ccccc2Cl)n1-c1ccccc1. The molecule has 1 aliphatic rings. The molecule has 174 valence electrons. The van der Waals surface area contributed by atoms with Gasteiger partial charge in [0.05, 0.1) is 10.8 Å². The van der Waals surface area contributed by atoms with E-state index in [0.717, 1.165) is 24.2 Å². The maximum Gasteiger partial charge on any atom is 0.230 e. The fourth-order valence-electron chi connectivity index (χ4n) is 4.17. The molecule has 2 aromatic carbocycles. The van der Waals surface area contributed by atoms with E-state index in [1.54, 1.807) is 0 Å². The van der Waals surface area contributed by atoms with Gasteiger partial charge in [-0.1, -0.05) is 60.1 Å². The quantitative estimate of drug-likeness (QED) is 0.340. The second kappa shape index (κ2) is 11.7. The van der Waals surface area contributed by atoms with Crippen molar-refractivity contribution in [2.24, 2.45) is 0 Å². The van der Waals surface area contributed by atoms with Crippen LogP contribution in [0.2, 0.25) is 5.02 Å². The van der Waals surface area contributed by atoms with Crippen molar-refractivity contribution in [1.82, 2.24) is 25.0 Å². The summed E-state index contributed by atoms with van der Waals surface area (Å²) in [6, 6.07) is 18.1. The van der Waals surface area contributed by atoms with Crippen molar-refractivity contribution in [2.75, 3.05) is 25.4 Å². The number of amides is 1. The average Bonchev–Trinajstić information content (AvgIpc) is 3.26. The molecule has 33 heavy (non-hydrogen) atoms. The van der Waals surface area contributed by atoms with E-state index in [0.29, 0.717) is 28.6 Å². The Balaban J connectivity index is 1.38. The van der Waals surface area contributed by atoms with Crippen LogP contribution in [0.5, 0.6) is 0 Å². The number of nitrogens with zero attached hydrogens (tertiary/aromatic N) is 4. The number of thioether (sulfide) groups is 1. The Morgan fingerprint density at radius 1 is 1.12 bits per heavy atom. The van der Waals surface area contributed by atoms with E-state index in [2.05, 4.69) is 27.3 Å². The molecule has 1 aliphatic heterocycles. The summed E-state index contributed by atoms with van der Waals surface area (Å²) in [5, 5.41) is 13.1. The van der Waals surface area contributed by atoms with Gasteiger partial charge in [0, 0.05) is 30.4 Å². The zero-order valence-corrected chi connectivity index (χ0v) is 20.5. The number of aromatic nitrogens is 3. The Kier molecular flexibility index (Phi) is 8.42. The highest BCUT2D eigenvalue weighted by molar-refractivity contribution is 7.99. The number of likely N-dealkylation sites (tertiary alicyclic amines) is 1. The number of carbonyl (C=O) groups excluding carboxylic acids is 1. The molecule has 1 fully saturated rings. The van der Waals surface area contributed by atoms with E-state index in [4.69, 9.17) is 11.6 Å². The molecule has 0 saturated carbocycles. The van der Waals surface area contributed by atoms with Crippen LogP contribution >= 0.6 is 23.4 Å². The summed E-state index contributed by atoms with van der Waals surface area (Å²) < 4.78 is 1.96. The van der Waals surface area contributed by atoms with Gasteiger partial charge in [-0.2, -0.15) is 0 Å². The van der Waals surface area contributed by atoms with Gasteiger partial charge in [0.2, 0.25) is 5.91 Å². The van der Waals surface area contributed by atoms with Gasteiger partial charge in [-0.15, -0.1) is 10.2 Å². The van der Waals surface area contributed by atoms with Crippen molar-refractivity contribution < 1.29 is 4.79 Å². The molecular weight excluding hydrogens is 454 g/mol. The summed E-state index contributed by atoms with van der Waals surface area (Å²) in [6.07, 6.45) is 4.86. The fraction of sp³-hybridized carbons (Fsp3) is 0.400. The van der Waals surface area contributed by atoms with Crippen LogP contribution in [-0.4, -0.2) is 57.0 Å². The molecule has 1 atom stereocenters.